The maximum absolute atomic E-state index is 13.1. The Labute approximate surface area is 282 Å². The Hall–Kier alpha value is -3.30. The monoisotopic (exact) mass is 732 g/mol. The molecule has 8 heteroatoms. The fourth-order valence-electron chi connectivity index (χ4n) is 6.41. The van der Waals surface area contributed by atoms with Crippen LogP contribution in [0.2, 0.25) is 0 Å². The van der Waals surface area contributed by atoms with E-state index in [0.717, 1.165) is 38.5 Å². The van der Waals surface area contributed by atoms with Gasteiger partial charge in [-0.05, 0) is 83.3 Å². The molecule has 2 atom stereocenters. The highest BCUT2D eigenvalue weighted by molar-refractivity contribution is 9.10. The number of halogens is 2. The van der Waals surface area contributed by atoms with Crippen molar-refractivity contribution in [3.05, 3.63) is 139 Å². The highest BCUT2D eigenvalue weighted by atomic mass is 79.9. The molecule has 3 N–H and O–H groups in total. The first-order chi connectivity index (χ1) is 21.7. The molecule has 0 radical (unpaired) electrons. The van der Waals surface area contributed by atoms with Crippen molar-refractivity contribution in [2.45, 2.75) is 55.6 Å². The average molecular weight is 735 g/mol. The van der Waals surface area contributed by atoms with E-state index >= 15 is 0 Å². The largest absolute Gasteiger partial charge is 0.468 e. The summed E-state index contributed by atoms with van der Waals surface area (Å²) in [5.41, 5.74) is 11.6. The van der Waals surface area contributed by atoms with E-state index in [9.17, 15) is 9.59 Å². The fraction of sp³-hybridized carbons (Fsp3) is 0.297. The molecule has 0 unspecified atom stereocenters. The van der Waals surface area contributed by atoms with E-state index in [-0.39, 0.29) is 18.0 Å². The van der Waals surface area contributed by atoms with Crippen molar-refractivity contribution >= 4 is 43.8 Å². The van der Waals surface area contributed by atoms with Crippen LogP contribution in [0.15, 0.2) is 106 Å². The first-order valence-corrected chi connectivity index (χ1v) is 16.6. The third kappa shape index (κ3) is 7.58. The minimum atomic E-state index is -0.859. The number of ether oxygens (including phenoxy) is 2. The van der Waals surface area contributed by atoms with Gasteiger partial charge in [0.05, 0.1) is 20.3 Å². The molecule has 0 saturated carbocycles. The van der Waals surface area contributed by atoms with Crippen molar-refractivity contribution in [3.8, 4) is 0 Å². The van der Waals surface area contributed by atoms with E-state index in [1.165, 1.54) is 30.9 Å². The highest BCUT2D eigenvalue weighted by Gasteiger charge is 2.44. The number of benzene rings is 4. The molecule has 4 aromatic carbocycles. The van der Waals surface area contributed by atoms with Crippen LogP contribution >= 0.6 is 31.9 Å². The minimum Gasteiger partial charge on any atom is -0.468 e. The SMILES string of the molecule is COC(=O)[C@@]1(N)CCc2ccc(Br)cc2C1.COC(=O)[C@@]1(NC(c2ccccc2)c2ccccc2)CCc2ccc(Br)cc2C1. The number of esters is 2. The molecule has 0 heterocycles. The Balaban J connectivity index is 0.000000211. The number of hydrogen-bond donors (Lipinski definition) is 2. The van der Waals surface area contributed by atoms with Gasteiger partial charge in [-0.2, -0.15) is 0 Å². The third-order valence-corrected chi connectivity index (χ3v) is 9.84. The van der Waals surface area contributed by atoms with Crippen LogP contribution in [0.1, 0.15) is 52.3 Å². The van der Waals surface area contributed by atoms with Gasteiger partial charge in [0.1, 0.15) is 11.1 Å². The summed E-state index contributed by atoms with van der Waals surface area (Å²) < 4.78 is 12.1. The normalized spacial score (nSPS) is 20.2. The molecule has 2 aliphatic carbocycles. The second kappa shape index (κ2) is 14.4. The molecule has 4 aromatic rings. The summed E-state index contributed by atoms with van der Waals surface area (Å²) in [7, 11) is 2.86. The maximum atomic E-state index is 13.1. The van der Waals surface area contributed by atoms with Gasteiger partial charge >= 0.3 is 11.9 Å². The summed E-state index contributed by atoms with van der Waals surface area (Å²) in [5, 5.41) is 3.72. The van der Waals surface area contributed by atoms with E-state index in [1.807, 2.05) is 48.5 Å². The van der Waals surface area contributed by atoms with Crippen molar-refractivity contribution in [3.63, 3.8) is 0 Å². The molecule has 0 saturated heterocycles. The van der Waals surface area contributed by atoms with Gasteiger partial charge in [0, 0.05) is 21.8 Å². The number of nitrogens with two attached hydrogens (primary N) is 1. The molecule has 234 valence electrons. The van der Waals surface area contributed by atoms with E-state index in [0.29, 0.717) is 25.7 Å². The van der Waals surface area contributed by atoms with E-state index in [2.05, 4.69) is 85.7 Å². The van der Waals surface area contributed by atoms with E-state index in [1.54, 1.807) is 0 Å². The number of hydrogen-bond acceptors (Lipinski definition) is 6. The third-order valence-electron chi connectivity index (χ3n) is 8.85. The molecule has 0 aliphatic heterocycles. The highest BCUT2D eigenvalue weighted by Crippen LogP contribution is 2.35. The van der Waals surface area contributed by atoms with Crippen LogP contribution in [0.5, 0.6) is 0 Å². The van der Waals surface area contributed by atoms with E-state index < -0.39 is 11.1 Å². The molecular formula is C37H38Br2N2O4. The van der Waals surface area contributed by atoms with Gasteiger partial charge in [0.15, 0.2) is 0 Å². The van der Waals surface area contributed by atoms with Gasteiger partial charge in [0.2, 0.25) is 0 Å². The Bertz CT molecular complexity index is 1610. The lowest BCUT2D eigenvalue weighted by molar-refractivity contribution is -0.149. The van der Waals surface area contributed by atoms with Crippen LogP contribution in [0.3, 0.4) is 0 Å². The van der Waals surface area contributed by atoms with Gasteiger partial charge < -0.3 is 15.2 Å². The Morgan fingerprint density at radius 1 is 0.689 bits per heavy atom. The second-order valence-electron chi connectivity index (χ2n) is 11.8. The lowest BCUT2D eigenvalue weighted by atomic mass is 9.76. The Morgan fingerprint density at radius 2 is 1.18 bits per heavy atom. The fourth-order valence-corrected chi connectivity index (χ4v) is 7.23. The van der Waals surface area contributed by atoms with Crippen LogP contribution in [0, 0.1) is 0 Å². The van der Waals surface area contributed by atoms with E-state index in [4.69, 9.17) is 15.2 Å². The minimum absolute atomic E-state index is 0.106. The summed E-state index contributed by atoms with van der Waals surface area (Å²) in [6, 6.07) is 32.9. The van der Waals surface area contributed by atoms with Gasteiger partial charge in [-0.1, -0.05) is 105 Å². The molecule has 0 aromatic heterocycles. The standard InChI is InChI=1S/C25H24BrNO2.C12H14BrNO2/c1-29-24(28)25(15-14-18-12-13-22(26)16-21(18)17-25)27-23(19-8-4-2-5-9-19)20-10-6-3-7-11-20;1-16-11(15)12(14)5-4-8-2-3-10(13)6-9(8)7-12/h2-13,16,23,27H,14-15,17H2,1H3;2-3,6H,4-5,7,14H2,1H3/t25-;12-/m11/s1. The molecule has 45 heavy (non-hydrogen) atoms. The van der Waals surface area contributed by atoms with Crippen LogP contribution in [0.4, 0.5) is 0 Å². The molecule has 6 nitrogen and oxygen atoms in total. The molecule has 6 rings (SSSR count). The number of fused-ring (bicyclic) bond motifs is 2. The first-order valence-electron chi connectivity index (χ1n) is 15.0. The molecule has 0 amide bonds. The molecule has 2 aliphatic rings. The van der Waals surface area contributed by atoms with Crippen molar-refractivity contribution in [2.75, 3.05) is 14.2 Å². The summed E-state index contributed by atoms with van der Waals surface area (Å²) >= 11 is 6.99. The van der Waals surface area contributed by atoms with Crippen LogP contribution < -0.4 is 11.1 Å². The van der Waals surface area contributed by atoms with Crippen molar-refractivity contribution in [1.29, 1.82) is 0 Å². The van der Waals surface area contributed by atoms with Crippen LogP contribution in [-0.4, -0.2) is 37.2 Å². The van der Waals surface area contributed by atoms with Crippen LogP contribution in [-0.2, 0) is 44.7 Å². The molecule has 0 bridgehead atoms. The number of methoxy groups -OCH3 is 2. The predicted molar refractivity (Wildman–Crippen MR) is 184 cm³/mol. The van der Waals surface area contributed by atoms with Crippen molar-refractivity contribution < 1.29 is 19.1 Å². The quantitative estimate of drug-likeness (QED) is 0.207. The molecule has 0 fully saturated rings. The van der Waals surface area contributed by atoms with Crippen LogP contribution in [0.25, 0.3) is 0 Å². The summed E-state index contributed by atoms with van der Waals surface area (Å²) in [6.07, 6.45) is 4.16. The number of carbonyl (C=O) groups excluding carboxylic acids is 2. The smallest absolute Gasteiger partial charge is 0.326 e. The number of nitrogens with one attached hydrogen (secondary N) is 1. The predicted octanol–water partition coefficient (Wildman–Crippen LogP) is 7.04. The Morgan fingerprint density at radius 3 is 1.69 bits per heavy atom. The zero-order valence-electron chi connectivity index (χ0n) is 25.5. The van der Waals surface area contributed by atoms with Gasteiger partial charge in [-0.3, -0.25) is 14.9 Å². The lowest BCUT2D eigenvalue weighted by Crippen LogP contribution is -2.57. The number of carbonyl (C=O) groups is 2. The van der Waals surface area contributed by atoms with Gasteiger partial charge in [-0.25, -0.2) is 0 Å². The second-order valence-corrected chi connectivity index (χ2v) is 13.6. The summed E-state index contributed by atoms with van der Waals surface area (Å²) in [6.45, 7) is 0. The molecular weight excluding hydrogens is 696 g/mol. The number of aryl methyl sites for hydroxylation is 2. The van der Waals surface area contributed by atoms with Crippen molar-refractivity contribution in [2.24, 2.45) is 5.73 Å². The van der Waals surface area contributed by atoms with Crippen molar-refractivity contribution in [1.82, 2.24) is 5.32 Å². The number of rotatable bonds is 6. The van der Waals surface area contributed by atoms with Gasteiger partial charge in [0.25, 0.3) is 0 Å². The summed E-state index contributed by atoms with van der Waals surface area (Å²) in [5.74, 6) is -0.530. The summed E-state index contributed by atoms with van der Waals surface area (Å²) in [4.78, 5) is 24.7. The first kappa shape index (κ1) is 33.1. The van der Waals surface area contributed by atoms with Gasteiger partial charge in [-0.15, -0.1) is 0 Å². The topological polar surface area (TPSA) is 90.7 Å². The Kier molecular flexibility index (Phi) is 10.6. The lowest BCUT2D eigenvalue weighted by Gasteiger charge is -2.39. The zero-order chi connectivity index (χ0) is 32.0. The zero-order valence-corrected chi connectivity index (χ0v) is 28.7. The molecule has 0 spiro atoms. The maximum Gasteiger partial charge on any atom is 0.326 e. The average Bonchev–Trinajstić information content (AvgIpc) is 3.07.